The van der Waals surface area contributed by atoms with E-state index in [-0.39, 0.29) is 24.2 Å². The molecule has 0 aliphatic carbocycles. The molecule has 29 heavy (non-hydrogen) atoms. The second-order valence-corrected chi connectivity index (χ2v) is 7.08. The monoisotopic (exact) mass is 417 g/mol. The minimum Gasteiger partial charge on any atom is -1.00 e. The molecule has 0 aliphatic heterocycles. The number of benzene rings is 2. The van der Waals surface area contributed by atoms with Crippen molar-refractivity contribution in [1.29, 1.82) is 0 Å². The van der Waals surface area contributed by atoms with Gasteiger partial charge in [-0.3, -0.25) is 4.79 Å². The highest BCUT2D eigenvalue weighted by molar-refractivity contribution is 5.96. The van der Waals surface area contributed by atoms with E-state index in [1.165, 1.54) is 6.08 Å². The first-order valence-corrected chi connectivity index (χ1v) is 9.43. The van der Waals surface area contributed by atoms with Crippen LogP contribution in [0, 0.1) is 0 Å². The molecular weight excluding hydrogens is 390 g/mol. The van der Waals surface area contributed by atoms with E-state index in [0.29, 0.717) is 24.3 Å². The van der Waals surface area contributed by atoms with Crippen molar-refractivity contribution in [3.63, 3.8) is 0 Å². The number of hydrogen-bond donors (Lipinski definition) is 2. The van der Waals surface area contributed by atoms with E-state index in [2.05, 4.69) is 0 Å². The van der Waals surface area contributed by atoms with Crippen molar-refractivity contribution in [1.82, 2.24) is 0 Å². The minimum absolute atomic E-state index is 0. The molecule has 2 aromatic rings. The second-order valence-electron chi connectivity index (χ2n) is 7.08. The summed E-state index contributed by atoms with van der Waals surface area (Å²) in [5, 5.41) is 12.4. The summed E-state index contributed by atoms with van der Waals surface area (Å²) in [5.74, 6) is -0.135. The molecule has 0 fully saturated rings. The summed E-state index contributed by atoms with van der Waals surface area (Å²) < 4.78 is 5.23. The quantitative estimate of drug-likeness (QED) is 0.257. The van der Waals surface area contributed by atoms with Crippen molar-refractivity contribution >= 4 is 11.8 Å². The number of carbonyl (C=O) groups excluding carboxylic acids is 2. The molecule has 3 N–H and O–H groups in total. The van der Waals surface area contributed by atoms with E-state index >= 15 is 0 Å². The maximum absolute atomic E-state index is 12.4. The predicted molar refractivity (Wildman–Crippen MR) is 108 cm³/mol. The summed E-state index contributed by atoms with van der Waals surface area (Å²) in [6, 6.07) is 16.1. The third-order valence-electron chi connectivity index (χ3n) is 4.33. The van der Waals surface area contributed by atoms with Crippen molar-refractivity contribution in [2.45, 2.75) is 39.3 Å². The van der Waals surface area contributed by atoms with Crippen LogP contribution in [0.25, 0.3) is 0 Å². The Balaban J connectivity index is 0.00000420. The Hall–Kier alpha value is -2.47. The van der Waals surface area contributed by atoms with Gasteiger partial charge in [-0.1, -0.05) is 48.0 Å². The number of nitrogens with two attached hydrogens (primary N) is 1. The molecular formula is C23H28ClNO4. The predicted octanol–water partition coefficient (Wildman–Crippen LogP) is -0.179. The van der Waals surface area contributed by atoms with Crippen LogP contribution in [0.5, 0.6) is 5.75 Å². The van der Waals surface area contributed by atoms with E-state index < -0.39 is 12.1 Å². The Bertz CT molecular complexity index is 832. The number of esters is 1. The maximum atomic E-state index is 12.4. The van der Waals surface area contributed by atoms with Gasteiger partial charge in [0.05, 0.1) is 13.0 Å². The Morgan fingerprint density at radius 3 is 2.45 bits per heavy atom. The van der Waals surface area contributed by atoms with Gasteiger partial charge in [0.2, 0.25) is 0 Å². The molecule has 0 saturated heterocycles. The molecule has 0 radical (unpaired) electrons. The van der Waals surface area contributed by atoms with Gasteiger partial charge in [-0.15, -0.1) is 0 Å². The number of ether oxygens (including phenoxy) is 1. The molecule has 2 aromatic carbocycles. The Labute approximate surface area is 178 Å². The molecule has 0 saturated carbocycles. The van der Waals surface area contributed by atoms with Crippen molar-refractivity contribution in [2.24, 2.45) is 0 Å². The SMILES string of the molecule is CC(C)=CC(=O)Oc1cccc(C(=O)CC[NH2+]C(C)C(O)c2ccccc2)c1.[Cl-]. The average Bonchev–Trinajstić information content (AvgIpc) is 2.67. The first-order chi connectivity index (χ1) is 13.4. The standard InChI is InChI=1S/C23H27NO4.ClH/c1-16(2)14-22(26)28-20-11-7-10-19(15-20)21(25)12-13-24-17(3)23(27)18-8-5-4-6-9-18;/h4-11,14-15,17,23-24,27H,12-13H2,1-3H3;1H. The molecule has 156 valence electrons. The van der Waals surface area contributed by atoms with Gasteiger partial charge in [0, 0.05) is 11.6 Å². The van der Waals surface area contributed by atoms with Crippen molar-refractivity contribution in [3.05, 3.63) is 77.4 Å². The first kappa shape index (κ1) is 24.6. The Morgan fingerprint density at radius 1 is 1.10 bits per heavy atom. The lowest BCUT2D eigenvalue weighted by molar-refractivity contribution is -0.693. The van der Waals surface area contributed by atoms with Gasteiger partial charge in [0.15, 0.2) is 5.78 Å². The molecule has 6 heteroatoms. The van der Waals surface area contributed by atoms with Crippen molar-refractivity contribution in [2.75, 3.05) is 6.54 Å². The summed E-state index contributed by atoms with van der Waals surface area (Å²) in [6.45, 7) is 6.12. The number of Topliss-reactive ketones (excluding diaryl/α,β-unsaturated/α-hetero) is 1. The number of allylic oxidation sites excluding steroid dienone is 1. The van der Waals surface area contributed by atoms with Crippen LogP contribution in [0.1, 0.15) is 49.2 Å². The van der Waals surface area contributed by atoms with Crippen LogP contribution in [-0.2, 0) is 4.79 Å². The number of aliphatic hydroxyl groups excluding tert-OH is 1. The highest BCUT2D eigenvalue weighted by Gasteiger charge is 2.19. The van der Waals surface area contributed by atoms with E-state index in [9.17, 15) is 14.7 Å². The number of halogens is 1. The lowest BCUT2D eigenvalue weighted by Gasteiger charge is -2.17. The fraction of sp³-hybridized carbons (Fsp3) is 0.304. The van der Waals surface area contributed by atoms with Gasteiger partial charge in [-0.2, -0.15) is 0 Å². The third-order valence-corrected chi connectivity index (χ3v) is 4.33. The first-order valence-electron chi connectivity index (χ1n) is 9.43. The van der Waals surface area contributed by atoms with Crippen LogP contribution in [-0.4, -0.2) is 29.4 Å². The third kappa shape index (κ3) is 8.20. The smallest absolute Gasteiger partial charge is 0.336 e. The number of ketones is 1. The molecule has 2 rings (SSSR count). The van der Waals surface area contributed by atoms with Gasteiger partial charge in [0.25, 0.3) is 0 Å². The Morgan fingerprint density at radius 2 is 1.79 bits per heavy atom. The summed E-state index contributed by atoms with van der Waals surface area (Å²) in [6.07, 6.45) is 1.15. The van der Waals surface area contributed by atoms with Crippen LogP contribution in [0.2, 0.25) is 0 Å². The number of aliphatic hydroxyl groups is 1. The molecule has 0 aromatic heterocycles. The lowest BCUT2D eigenvalue weighted by Crippen LogP contribution is -3.00. The van der Waals surface area contributed by atoms with Gasteiger partial charge in [0.1, 0.15) is 17.9 Å². The van der Waals surface area contributed by atoms with Gasteiger partial charge >= 0.3 is 5.97 Å². The largest absolute Gasteiger partial charge is 1.00 e. The molecule has 5 nitrogen and oxygen atoms in total. The molecule has 0 spiro atoms. The number of rotatable bonds is 9. The fourth-order valence-corrected chi connectivity index (χ4v) is 2.82. The maximum Gasteiger partial charge on any atom is 0.336 e. The normalized spacial score (nSPS) is 12.3. The molecule has 0 amide bonds. The second kappa shape index (κ2) is 12.2. The number of carbonyl (C=O) groups is 2. The van der Waals surface area contributed by atoms with Gasteiger partial charge < -0.3 is 27.6 Å². The van der Waals surface area contributed by atoms with E-state index in [4.69, 9.17) is 4.74 Å². The van der Waals surface area contributed by atoms with Crippen LogP contribution in [0.3, 0.4) is 0 Å². The van der Waals surface area contributed by atoms with E-state index in [0.717, 1.165) is 11.1 Å². The zero-order valence-corrected chi connectivity index (χ0v) is 17.7. The summed E-state index contributed by atoms with van der Waals surface area (Å²) in [4.78, 5) is 24.2. The zero-order valence-electron chi connectivity index (χ0n) is 17.0. The topological polar surface area (TPSA) is 80.2 Å². The van der Waals surface area contributed by atoms with Gasteiger partial charge in [-0.25, -0.2) is 4.79 Å². The molecule has 2 unspecified atom stereocenters. The summed E-state index contributed by atoms with van der Waals surface area (Å²) in [5.41, 5.74) is 2.22. The van der Waals surface area contributed by atoms with E-state index in [1.54, 1.807) is 24.3 Å². The molecule has 2 atom stereocenters. The van der Waals surface area contributed by atoms with Crippen LogP contribution in [0.4, 0.5) is 0 Å². The van der Waals surface area contributed by atoms with Crippen LogP contribution >= 0.6 is 0 Å². The van der Waals surface area contributed by atoms with Crippen molar-refractivity contribution in [3.8, 4) is 5.75 Å². The molecule has 0 bridgehead atoms. The van der Waals surface area contributed by atoms with Gasteiger partial charge in [-0.05, 0) is 38.5 Å². The lowest BCUT2D eigenvalue weighted by atomic mass is 10.0. The van der Waals surface area contributed by atoms with Crippen LogP contribution < -0.4 is 22.5 Å². The fourth-order valence-electron chi connectivity index (χ4n) is 2.82. The van der Waals surface area contributed by atoms with Crippen molar-refractivity contribution < 1.29 is 37.2 Å². The summed E-state index contributed by atoms with van der Waals surface area (Å²) in [7, 11) is 0. The highest BCUT2D eigenvalue weighted by Crippen LogP contribution is 2.16. The number of hydrogen-bond acceptors (Lipinski definition) is 4. The Kier molecular flexibility index (Phi) is 10.3. The minimum atomic E-state index is -0.589. The van der Waals surface area contributed by atoms with Crippen LogP contribution in [0.15, 0.2) is 66.2 Å². The average molecular weight is 418 g/mol. The number of quaternary nitrogens is 1. The van der Waals surface area contributed by atoms with E-state index in [1.807, 2.05) is 56.4 Å². The summed E-state index contributed by atoms with van der Waals surface area (Å²) >= 11 is 0. The molecule has 0 aliphatic rings. The molecule has 0 heterocycles. The highest BCUT2D eigenvalue weighted by atomic mass is 35.5. The zero-order chi connectivity index (χ0) is 20.5.